The summed E-state index contributed by atoms with van der Waals surface area (Å²) in [5.74, 6) is -6.29. The Morgan fingerprint density at radius 3 is 1.62 bits per heavy atom. The van der Waals surface area contributed by atoms with E-state index in [0.717, 1.165) is 6.07 Å². The van der Waals surface area contributed by atoms with Gasteiger partial charge in [-0.1, -0.05) is 30.3 Å². The molecule has 0 saturated carbocycles. The predicted molar refractivity (Wildman–Crippen MR) is 103 cm³/mol. The molecule has 0 radical (unpaired) electrons. The molecule has 0 atom stereocenters. The van der Waals surface area contributed by atoms with Crippen molar-refractivity contribution in [2.75, 3.05) is 0 Å². The van der Waals surface area contributed by atoms with Crippen molar-refractivity contribution >= 4 is 11.9 Å². The van der Waals surface area contributed by atoms with Crippen LogP contribution in [0, 0.1) is 0 Å². The monoisotopic (exact) mass is 486 g/mol. The molecule has 34 heavy (non-hydrogen) atoms. The number of aromatic carboxylic acids is 2. The van der Waals surface area contributed by atoms with Gasteiger partial charge >= 0.3 is 24.3 Å². The van der Waals surface area contributed by atoms with E-state index >= 15 is 0 Å². The van der Waals surface area contributed by atoms with Crippen molar-refractivity contribution in [1.82, 2.24) is 0 Å². The van der Waals surface area contributed by atoms with Gasteiger partial charge in [-0.2, -0.15) is 26.3 Å². The summed E-state index contributed by atoms with van der Waals surface area (Å²) in [6, 6.07) is 12.9. The molecule has 12 heteroatoms. The number of ether oxygens (including phenoxy) is 2. The molecule has 2 N–H and O–H groups in total. The standard InChI is InChI=1S/C22H12F6O6/c23-21(24,25)12-10-15(16(19(29)30)17(20(31)32)18(12)22(26,27)28)34-14-9-5-4-8-13(14)33-11-6-2-1-3-7-11/h1-10H,(H,29,30)(H,31,32). The Morgan fingerprint density at radius 1 is 0.647 bits per heavy atom. The van der Waals surface area contributed by atoms with Crippen molar-refractivity contribution in [2.45, 2.75) is 12.4 Å². The Labute approximate surface area is 186 Å². The lowest BCUT2D eigenvalue weighted by atomic mass is 9.93. The van der Waals surface area contributed by atoms with Crippen LogP contribution in [0.1, 0.15) is 31.8 Å². The Balaban J connectivity index is 2.27. The number of hydrogen-bond donors (Lipinski definition) is 2. The third kappa shape index (κ3) is 5.05. The molecule has 0 aromatic heterocycles. The molecule has 0 fully saturated rings. The second-order valence-electron chi connectivity index (χ2n) is 6.62. The van der Waals surface area contributed by atoms with E-state index in [-0.39, 0.29) is 23.3 Å². The van der Waals surface area contributed by atoms with Gasteiger partial charge in [0.05, 0.1) is 16.7 Å². The molecule has 3 rings (SSSR count). The highest BCUT2D eigenvalue weighted by Crippen LogP contribution is 2.47. The van der Waals surface area contributed by atoms with Gasteiger partial charge in [-0.15, -0.1) is 0 Å². The van der Waals surface area contributed by atoms with Gasteiger partial charge in [0.1, 0.15) is 17.1 Å². The number of halogens is 6. The molecule has 0 bridgehead atoms. The van der Waals surface area contributed by atoms with Crippen LogP contribution in [-0.4, -0.2) is 22.2 Å². The molecule has 0 aliphatic carbocycles. The van der Waals surface area contributed by atoms with E-state index in [1.165, 1.54) is 30.3 Å². The summed E-state index contributed by atoms with van der Waals surface area (Å²) in [7, 11) is 0. The van der Waals surface area contributed by atoms with E-state index in [2.05, 4.69) is 0 Å². The second kappa shape index (κ2) is 8.96. The fourth-order valence-corrected chi connectivity index (χ4v) is 3.04. The minimum absolute atomic E-state index is 0.129. The maximum atomic E-state index is 13.5. The quantitative estimate of drug-likeness (QED) is 0.377. The number of carboxylic acids is 2. The third-order valence-electron chi connectivity index (χ3n) is 4.35. The molecular formula is C22H12F6O6. The van der Waals surface area contributed by atoms with Crippen LogP contribution >= 0.6 is 0 Å². The molecule has 0 heterocycles. The van der Waals surface area contributed by atoms with Gasteiger partial charge < -0.3 is 19.7 Å². The van der Waals surface area contributed by atoms with Crippen molar-refractivity contribution in [3.05, 3.63) is 82.9 Å². The van der Waals surface area contributed by atoms with E-state index in [4.69, 9.17) is 9.47 Å². The Morgan fingerprint density at radius 2 is 1.15 bits per heavy atom. The number of hydrogen-bond acceptors (Lipinski definition) is 4. The molecule has 0 amide bonds. The topological polar surface area (TPSA) is 93.1 Å². The first-order chi connectivity index (χ1) is 15.8. The van der Waals surface area contributed by atoms with Crippen LogP contribution < -0.4 is 9.47 Å². The fraction of sp³-hybridized carbons (Fsp3) is 0.0909. The lowest BCUT2D eigenvalue weighted by molar-refractivity contribution is -0.162. The van der Waals surface area contributed by atoms with Gasteiger partial charge in [0, 0.05) is 0 Å². The maximum Gasteiger partial charge on any atom is 0.417 e. The van der Waals surface area contributed by atoms with Gasteiger partial charge in [0.15, 0.2) is 11.5 Å². The van der Waals surface area contributed by atoms with Crippen LogP contribution in [0.2, 0.25) is 0 Å². The van der Waals surface area contributed by atoms with Crippen molar-refractivity contribution in [3.8, 4) is 23.0 Å². The summed E-state index contributed by atoms with van der Waals surface area (Å²) >= 11 is 0. The molecule has 6 nitrogen and oxygen atoms in total. The highest BCUT2D eigenvalue weighted by Gasteiger charge is 2.49. The number of carbonyl (C=O) groups is 2. The highest BCUT2D eigenvalue weighted by molar-refractivity contribution is 6.05. The Bertz CT molecular complexity index is 1240. The number of benzene rings is 3. The first-order valence-electron chi connectivity index (χ1n) is 9.12. The SMILES string of the molecule is O=C(O)c1c(Oc2ccccc2Oc2ccccc2)cc(C(F)(F)F)c(C(F)(F)F)c1C(=O)O. The highest BCUT2D eigenvalue weighted by atomic mass is 19.4. The summed E-state index contributed by atoms with van der Waals surface area (Å²) in [6.07, 6.45) is -11.5. The lowest BCUT2D eigenvalue weighted by Crippen LogP contribution is -2.24. The van der Waals surface area contributed by atoms with E-state index in [0.29, 0.717) is 0 Å². The van der Waals surface area contributed by atoms with Crippen molar-refractivity contribution < 1.29 is 55.6 Å². The van der Waals surface area contributed by atoms with Crippen molar-refractivity contribution in [1.29, 1.82) is 0 Å². The molecule has 0 saturated heterocycles. The molecule has 0 spiro atoms. The lowest BCUT2D eigenvalue weighted by Gasteiger charge is -2.22. The van der Waals surface area contributed by atoms with Gasteiger partial charge in [0.2, 0.25) is 0 Å². The van der Waals surface area contributed by atoms with Gasteiger partial charge in [-0.05, 0) is 30.3 Å². The fourth-order valence-electron chi connectivity index (χ4n) is 3.04. The summed E-state index contributed by atoms with van der Waals surface area (Å²) in [5.41, 5.74) is -8.78. The first kappa shape index (κ1) is 24.4. The number of carboxylic acid groups (broad SMARTS) is 2. The summed E-state index contributed by atoms with van der Waals surface area (Å²) in [6.45, 7) is 0. The van der Waals surface area contributed by atoms with Crippen LogP contribution in [0.15, 0.2) is 60.7 Å². The normalized spacial score (nSPS) is 11.7. The van der Waals surface area contributed by atoms with Gasteiger partial charge in [-0.25, -0.2) is 9.59 Å². The zero-order chi connectivity index (χ0) is 25.3. The second-order valence-corrected chi connectivity index (χ2v) is 6.62. The molecule has 0 aliphatic rings. The average molecular weight is 486 g/mol. The first-order valence-corrected chi connectivity index (χ1v) is 9.12. The maximum absolute atomic E-state index is 13.5. The van der Waals surface area contributed by atoms with Gasteiger partial charge in [-0.3, -0.25) is 0 Å². The molecule has 0 aliphatic heterocycles. The smallest absolute Gasteiger partial charge is 0.417 e. The molecule has 3 aromatic rings. The van der Waals surface area contributed by atoms with E-state index in [1.807, 2.05) is 0 Å². The number of alkyl halides is 6. The largest absolute Gasteiger partial charge is 0.478 e. The molecule has 0 unspecified atom stereocenters. The molecular weight excluding hydrogens is 474 g/mol. The molecule has 178 valence electrons. The van der Waals surface area contributed by atoms with Crippen LogP contribution in [0.4, 0.5) is 26.3 Å². The van der Waals surface area contributed by atoms with Crippen LogP contribution in [0.3, 0.4) is 0 Å². The minimum Gasteiger partial charge on any atom is -0.478 e. The van der Waals surface area contributed by atoms with Crippen LogP contribution in [0.5, 0.6) is 23.0 Å². The summed E-state index contributed by atoms with van der Waals surface area (Å²) < 4.78 is 91.8. The average Bonchev–Trinajstić information content (AvgIpc) is 2.73. The van der Waals surface area contributed by atoms with Crippen LogP contribution in [-0.2, 0) is 12.4 Å². The summed E-state index contributed by atoms with van der Waals surface area (Å²) in [5, 5.41) is 18.7. The zero-order valence-electron chi connectivity index (χ0n) is 16.6. The van der Waals surface area contributed by atoms with Crippen molar-refractivity contribution in [3.63, 3.8) is 0 Å². The Hall–Kier alpha value is -4.22. The van der Waals surface area contributed by atoms with E-state index in [9.17, 15) is 46.1 Å². The Kier molecular flexibility index (Phi) is 6.44. The number of rotatable bonds is 6. The zero-order valence-corrected chi connectivity index (χ0v) is 16.6. The minimum atomic E-state index is -5.84. The van der Waals surface area contributed by atoms with Crippen molar-refractivity contribution in [2.24, 2.45) is 0 Å². The summed E-state index contributed by atoms with van der Waals surface area (Å²) in [4.78, 5) is 23.3. The predicted octanol–water partition coefficient (Wildman–Crippen LogP) is 6.71. The molecule has 3 aromatic carbocycles. The van der Waals surface area contributed by atoms with Gasteiger partial charge in [0.25, 0.3) is 0 Å². The van der Waals surface area contributed by atoms with E-state index < -0.39 is 52.3 Å². The number of para-hydroxylation sites is 3. The van der Waals surface area contributed by atoms with Crippen LogP contribution in [0.25, 0.3) is 0 Å². The third-order valence-corrected chi connectivity index (χ3v) is 4.35. The van der Waals surface area contributed by atoms with E-state index in [1.54, 1.807) is 18.2 Å².